The molecule has 0 unspecified atom stereocenters. The van der Waals surface area contributed by atoms with Gasteiger partial charge in [-0.1, -0.05) is 83.0 Å². The van der Waals surface area contributed by atoms with Gasteiger partial charge in [0.25, 0.3) is 0 Å². The number of aryl methyl sites for hydroxylation is 4. The Morgan fingerprint density at radius 3 is 2.26 bits per heavy atom. The first kappa shape index (κ1) is 35.4. The quantitative estimate of drug-likeness (QED) is 0.129. The van der Waals surface area contributed by atoms with Crippen LogP contribution in [0.4, 0.5) is 0 Å². The molecule has 0 bridgehead atoms. The standard InChI is InChI=1S/C44H44N4O.Pt/c1-8-14-31-21-22-45-42(23-31)47-40-18-12-11-17-38(40)39-20-19-36(27-41(39)47)49-37-25-34(28(4)5)24-35(26-37)48-30(7)43(29(6)46-48)44-32(9-2)15-13-16-33(44)10-3;/h11-13,15-25,28H,8-10,14H2,1-7H3;/q-2;+2. The summed E-state index contributed by atoms with van der Waals surface area (Å²) in [7, 11) is 0. The van der Waals surface area contributed by atoms with E-state index in [9.17, 15) is 0 Å². The number of rotatable bonds is 10. The van der Waals surface area contributed by atoms with Gasteiger partial charge in [-0.3, -0.25) is 4.68 Å². The minimum absolute atomic E-state index is 0. The smallest absolute Gasteiger partial charge is 0.509 e. The maximum atomic E-state index is 6.64. The molecule has 0 aliphatic rings. The number of aromatic nitrogens is 4. The molecular weight excluding hydrogens is 796 g/mol. The van der Waals surface area contributed by atoms with Gasteiger partial charge in [-0.05, 0) is 90.6 Å². The van der Waals surface area contributed by atoms with Crippen LogP contribution >= 0.6 is 0 Å². The first-order valence-corrected chi connectivity index (χ1v) is 17.6. The van der Waals surface area contributed by atoms with Gasteiger partial charge in [0.15, 0.2) is 0 Å². The summed E-state index contributed by atoms with van der Waals surface area (Å²) in [4.78, 5) is 4.80. The zero-order chi connectivity index (χ0) is 34.2. The van der Waals surface area contributed by atoms with Gasteiger partial charge in [0, 0.05) is 34.5 Å². The van der Waals surface area contributed by atoms with Crippen LogP contribution in [0.1, 0.15) is 80.6 Å². The van der Waals surface area contributed by atoms with E-state index in [1.807, 2.05) is 16.9 Å². The second-order valence-corrected chi connectivity index (χ2v) is 13.2. The minimum atomic E-state index is 0. The molecule has 0 aliphatic heterocycles. The van der Waals surface area contributed by atoms with Crippen LogP contribution in [0.5, 0.6) is 11.5 Å². The third-order valence-corrected chi connectivity index (χ3v) is 9.64. The monoisotopic (exact) mass is 839 g/mol. The summed E-state index contributed by atoms with van der Waals surface area (Å²) in [6, 6.07) is 35.0. The fourth-order valence-electron chi connectivity index (χ4n) is 7.17. The van der Waals surface area contributed by atoms with Crippen molar-refractivity contribution in [1.82, 2.24) is 19.3 Å². The summed E-state index contributed by atoms with van der Waals surface area (Å²) in [5.41, 5.74) is 12.7. The fourth-order valence-corrected chi connectivity index (χ4v) is 7.17. The molecule has 0 amide bonds. The largest absolute Gasteiger partial charge is 2.00 e. The van der Waals surface area contributed by atoms with Gasteiger partial charge in [-0.2, -0.15) is 11.2 Å². The van der Waals surface area contributed by atoms with Crippen LogP contribution in [0.2, 0.25) is 0 Å². The molecule has 0 aliphatic carbocycles. The number of nitrogens with zero attached hydrogens (tertiary/aromatic N) is 4. The number of pyridine rings is 1. The Kier molecular flexibility index (Phi) is 10.5. The van der Waals surface area contributed by atoms with Crippen molar-refractivity contribution in [2.75, 3.05) is 0 Å². The van der Waals surface area contributed by atoms with E-state index < -0.39 is 0 Å². The SMILES string of the molecule is CCCc1ccnc(-n2c3[c-]c(Oc4[c-]c(-n5nc(C)c(-c6c(CC)cccc6CC)c5C)cc(C(C)C)c4)ccc3c3ccccc32)c1.[Pt+2]. The van der Waals surface area contributed by atoms with Crippen LogP contribution in [-0.4, -0.2) is 19.3 Å². The molecule has 7 aromatic rings. The molecule has 50 heavy (non-hydrogen) atoms. The predicted octanol–water partition coefficient (Wildman–Crippen LogP) is 11.2. The van der Waals surface area contributed by atoms with Gasteiger partial charge < -0.3 is 9.30 Å². The third-order valence-electron chi connectivity index (χ3n) is 9.64. The van der Waals surface area contributed by atoms with Crippen molar-refractivity contribution in [2.45, 2.75) is 80.1 Å². The van der Waals surface area contributed by atoms with E-state index in [0.29, 0.717) is 11.5 Å². The fraction of sp³-hybridized carbons (Fsp3) is 0.273. The minimum Gasteiger partial charge on any atom is -0.509 e. The van der Waals surface area contributed by atoms with E-state index in [4.69, 9.17) is 14.8 Å². The van der Waals surface area contributed by atoms with E-state index in [1.165, 1.54) is 27.8 Å². The van der Waals surface area contributed by atoms with E-state index in [-0.39, 0.29) is 27.0 Å². The summed E-state index contributed by atoms with van der Waals surface area (Å²) >= 11 is 0. The Morgan fingerprint density at radius 1 is 0.780 bits per heavy atom. The summed E-state index contributed by atoms with van der Waals surface area (Å²) in [6.45, 7) is 15.4. The Balaban J connectivity index is 0.00000432. The summed E-state index contributed by atoms with van der Waals surface area (Å²) in [5.74, 6) is 2.44. The second kappa shape index (κ2) is 14.8. The molecule has 0 saturated heterocycles. The van der Waals surface area contributed by atoms with Crippen molar-refractivity contribution in [3.05, 3.63) is 131 Å². The molecule has 3 heterocycles. The van der Waals surface area contributed by atoms with Gasteiger partial charge in [0.1, 0.15) is 5.82 Å². The van der Waals surface area contributed by atoms with Crippen molar-refractivity contribution >= 4 is 21.8 Å². The van der Waals surface area contributed by atoms with Crippen LogP contribution in [0, 0.1) is 26.0 Å². The van der Waals surface area contributed by atoms with Crippen LogP contribution in [0.3, 0.4) is 0 Å². The number of fused-ring (bicyclic) bond motifs is 3. The molecule has 7 rings (SSSR count). The number of para-hydroxylation sites is 1. The molecular formula is C44H44N4OPt. The summed E-state index contributed by atoms with van der Waals surface area (Å²) in [6.07, 6.45) is 5.94. The Morgan fingerprint density at radius 2 is 1.54 bits per heavy atom. The average molecular weight is 840 g/mol. The molecule has 3 aromatic heterocycles. The Hall–Kier alpha value is -4.47. The number of benzene rings is 4. The average Bonchev–Trinajstić information content (AvgIpc) is 3.60. The number of hydrogen-bond donors (Lipinski definition) is 0. The molecule has 0 N–H and O–H groups in total. The van der Waals surface area contributed by atoms with Gasteiger partial charge in [-0.25, -0.2) is 4.98 Å². The molecule has 256 valence electrons. The van der Waals surface area contributed by atoms with E-state index >= 15 is 0 Å². The molecule has 6 heteroatoms. The normalized spacial score (nSPS) is 11.4. The van der Waals surface area contributed by atoms with E-state index in [1.54, 1.807) is 0 Å². The zero-order valence-corrected chi connectivity index (χ0v) is 32.3. The van der Waals surface area contributed by atoms with Crippen molar-refractivity contribution in [3.63, 3.8) is 0 Å². The third kappa shape index (κ3) is 6.44. The summed E-state index contributed by atoms with van der Waals surface area (Å²) < 4.78 is 10.9. The Labute approximate surface area is 310 Å². The van der Waals surface area contributed by atoms with Gasteiger partial charge in [-0.15, -0.1) is 41.3 Å². The molecule has 0 spiro atoms. The maximum Gasteiger partial charge on any atom is 2.00 e. The predicted molar refractivity (Wildman–Crippen MR) is 202 cm³/mol. The second-order valence-electron chi connectivity index (χ2n) is 13.2. The molecule has 0 radical (unpaired) electrons. The molecule has 5 nitrogen and oxygen atoms in total. The van der Waals surface area contributed by atoms with E-state index in [0.717, 1.165) is 75.9 Å². The van der Waals surface area contributed by atoms with E-state index in [2.05, 4.69) is 138 Å². The van der Waals surface area contributed by atoms with Gasteiger partial charge in [0.05, 0.1) is 5.69 Å². The van der Waals surface area contributed by atoms with Crippen molar-refractivity contribution in [3.8, 4) is 34.1 Å². The zero-order valence-electron chi connectivity index (χ0n) is 30.0. The van der Waals surface area contributed by atoms with Crippen molar-refractivity contribution in [2.24, 2.45) is 0 Å². The van der Waals surface area contributed by atoms with Crippen LogP contribution in [0.25, 0.3) is 44.4 Å². The first-order chi connectivity index (χ1) is 23.8. The summed E-state index contributed by atoms with van der Waals surface area (Å²) in [5, 5.41) is 7.37. The maximum absolute atomic E-state index is 6.64. The first-order valence-electron chi connectivity index (χ1n) is 17.6. The topological polar surface area (TPSA) is 44.9 Å². The van der Waals surface area contributed by atoms with Gasteiger partial charge in [0.2, 0.25) is 0 Å². The van der Waals surface area contributed by atoms with Crippen LogP contribution in [0.15, 0.2) is 85.1 Å². The molecule has 0 fully saturated rings. The number of hydrogen-bond acceptors (Lipinski definition) is 3. The molecule has 0 saturated carbocycles. The van der Waals surface area contributed by atoms with Crippen LogP contribution in [-0.2, 0) is 40.3 Å². The van der Waals surface area contributed by atoms with Gasteiger partial charge >= 0.3 is 21.1 Å². The van der Waals surface area contributed by atoms with Crippen molar-refractivity contribution < 1.29 is 25.8 Å². The van der Waals surface area contributed by atoms with Crippen LogP contribution < -0.4 is 4.74 Å². The molecule has 0 atom stereocenters. The molecule has 4 aromatic carbocycles. The number of ether oxygens (including phenoxy) is 1. The van der Waals surface area contributed by atoms with Crippen molar-refractivity contribution in [1.29, 1.82) is 0 Å². The Bertz CT molecular complexity index is 2290.